The molecule has 0 spiro atoms. The number of amides is 1. The van der Waals surface area contributed by atoms with Gasteiger partial charge in [0.1, 0.15) is 11.5 Å². The zero-order chi connectivity index (χ0) is 19.6. The average molecular weight is 377 g/mol. The molecular weight excluding hydrogens is 344 g/mol. The van der Waals surface area contributed by atoms with Gasteiger partial charge in [-0.3, -0.25) is 9.79 Å². The molecule has 150 valence electrons. The summed E-state index contributed by atoms with van der Waals surface area (Å²) in [4.78, 5) is 18.5. The molecule has 0 unspecified atom stereocenters. The second-order valence-corrected chi connectivity index (χ2v) is 6.79. The van der Waals surface area contributed by atoms with Crippen molar-refractivity contribution in [1.29, 1.82) is 0 Å². The Labute approximate surface area is 161 Å². The van der Waals surface area contributed by atoms with Gasteiger partial charge < -0.3 is 25.4 Å². The van der Waals surface area contributed by atoms with Gasteiger partial charge in [0.2, 0.25) is 5.91 Å². The number of phenols is 1. The highest BCUT2D eigenvalue weighted by atomic mass is 16.5. The standard InChI is InChI=1S/C20H32N4O3/c1-4-22-20(24-11-8-15(9-12-24)13-19(26)21-2)23-10-7-16-5-6-17(27-3)14-18(16)25/h5-6,14-15,25H,4,7-13H2,1-3H3,(H,21,26)(H,22,23). The highest BCUT2D eigenvalue weighted by Gasteiger charge is 2.23. The van der Waals surface area contributed by atoms with Crippen molar-refractivity contribution in [3.63, 3.8) is 0 Å². The number of likely N-dealkylation sites (tertiary alicyclic amines) is 1. The highest BCUT2D eigenvalue weighted by molar-refractivity contribution is 5.80. The molecule has 1 heterocycles. The van der Waals surface area contributed by atoms with Gasteiger partial charge in [0.25, 0.3) is 0 Å². The summed E-state index contributed by atoms with van der Waals surface area (Å²) < 4.78 is 5.11. The number of benzene rings is 1. The predicted octanol–water partition coefficient (Wildman–Crippen LogP) is 1.76. The Balaban J connectivity index is 1.90. The first-order valence-electron chi connectivity index (χ1n) is 9.67. The zero-order valence-corrected chi connectivity index (χ0v) is 16.6. The van der Waals surface area contributed by atoms with E-state index in [4.69, 9.17) is 9.73 Å². The second-order valence-electron chi connectivity index (χ2n) is 6.79. The van der Waals surface area contributed by atoms with E-state index in [1.807, 2.05) is 12.1 Å². The maximum Gasteiger partial charge on any atom is 0.220 e. The summed E-state index contributed by atoms with van der Waals surface area (Å²) in [6, 6.07) is 5.35. The van der Waals surface area contributed by atoms with E-state index >= 15 is 0 Å². The van der Waals surface area contributed by atoms with E-state index in [9.17, 15) is 9.90 Å². The van der Waals surface area contributed by atoms with Crippen LogP contribution >= 0.6 is 0 Å². The van der Waals surface area contributed by atoms with Crippen molar-refractivity contribution in [2.45, 2.75) is 32.6 Å². The summed E-state index contributed by atoms with van der Waals surface area (Å²) in [7, 11) is 3.27. The van der Waals surface area contributed by atoms with Gasteiger partial charge in [-0.05, 0) is 43.7 Å². The normalized spacial score (nSPS) is 15.5. The van der Waals surface area contributed by atoms with Gasteiger partial charge in [-0.15, -0.1) is 0 Å². The molecule has 0 radical (unpaired) electrons. The quantitative estimate of drug-likeness (QED) is 0.499. The molecule has 1 aliphatic rings. The van der Waals surface area contributed by atoms with Crippen LogP contribution in [-0.4, -0.2) is 62.2 Å². The number of aliphatic imine (C=N–C) groups is 1. The number of nitrogens with one attached hydrogen (secondary N) is 2. The first-order chi connectivity index (χ1) is 13.1. The van der Waals surface area contributed by atoms with Crippen LogP contribution in [0.5, 0.6) is 11.5 Å². The van der Waals surface area contributed by atoms with Crippen molar-refractivity contribution < 1.29 is 14.6 Å². The number of aromatic hydroxyl groups is 1. The number of rotatable bonds is 7. The molecular formula is C20H32N4O3. The summed E-state index contributed by atoms with van der Waals surface area (Å²) in [5.74, 6) is 2.36. The van der Waals surface area contributed by atoms with Gasteiger partial charge in [-0.2, -0.15) is 0 Å². The Morgan fingerprint density at radius 2 is 2.11 bits per heavy atom. The lowest BCUT2D eigenvalue weighted by Crippen LogP contribution is -2.46. The van der Waals surface area contributed by atoms with Crippen LogP contribution in [0, 0.1) is 5.92 Å². The second kappa shape index (κ2) is 10.6. The fraction of sp³-hybridized carbons (Fsp3) is 0.600. The summed E-state index contributed by atoms with van der Waals surface area (Å²) in [5, 5.41) is 16.1. The topological polar surface area (TPSA) is 86.2 Å². The summed E-state index contributed by atoms with van der Waals surface area (Å²) in [6.07, 6.45) is 3.26. The number of hydrogen-bond acceptors (Lipinski definition) is 4. The molecule has 0 aromatic heterocycles. The van der Waals surface area contributed by atoms with Crippen LogP contribution < -0.4 is 15.4 Å². The Morgan fingerprint density at radius 3 is 2.70 bits per heavy atom. The van der Waals surface area contributed by atoms with Crippen molar-refractivity contribution in [2.24, 2.45) is 10.9 Å². The lowest BCUT2D eigenvalue weighted by atomic mass is 9.93. The Kier molecular flexibility index (Phi) is 8.23. The molecule has 2 rings (SSSR count). The van der Waals surface area contributed by atoms with Crippen LogP contribution in [0.25, 0.3) is 0 Å². The first-order valence-corrected chi connectivity index (χ1v) is 9.67. The van der Waals surface area contributed by atoms with Crippen molar-refractivity contribution in [3.8, 4) is 11.5 Å². The molecule has 1 aromatic rings. The summed E-state index contributed by atoms with van der Waals surface area (Å²) in [6.45, 7) is 5.27. The molecule has 1 amide bonds. The molecule has 1 aromatic carbocycles. The third-order valence-electron chi connectivity index (χ3n) is 4.94. The molecule has 7 nitrogen and oxygen atoms in total. The zero-order valence-electron chi connectivity index (χ0n) is 16.6. The predicted molar refractivity (Wildman–Crippen MR) is 107 cm³/mol. The van der Waals surface area contributed by atoms with Crippen LogP contribution in [0.4, 0.5) is 0 Å². The average Bonchev–Trinajstić information content (AvgIpc) is 2.69. The third-order valence-corrected chi connectivity index (χ3v) is 4.94. The molecule has 27 heavy (non-hydrogen) atoms. The fourth-order valence-electron chi connectivity index (χ4n) is 3.30. The Hall–Kier alpha value is -2.44. The number of phenolic OH excluding ortho intramolecular Hbond substituents is 1. The molecule has 1 aliphatic heterocycles. The number of piperidine rings is 1. The molecule has 1 fully saturated rings. The SMILES string of the molecule is CCNC(=NCCc1ccc(OC)cc1O)N1CCC(CC(=O)NC)CC1. The minimum absolute atomic E-state index is 0.119. The minimum atomic E-state index is 0.119. The minimum Gasteiger partial charge on any atom is -0.508 e. The van der Waals surface area contributed by atoms with E-state index in [0.29, 0.717) is 31.1 Å². The van der Waals surface area contributed by atoms with Gasteiger partial charge in [0, 0.05) is 45.7 Å². The molecule has 3 N–H and O–H groups in total. The molecule has 1 saturated heterocycles. The van der Waals surface area contributed by atoms with Gasteiger partial charge in [-0.1, -0.05) is 6.07 Å². The summed E-state index contributed by atoms with van der Waals surface area (Å²) >= 11 is 0. The fourth-order valence-corrected chi connectivity index (χ4v) is 3.30. The number of nitrogens with zero attached hydrogens (tertiary/aromatic N) is 2. The molecule has 0 bridgehead atoms. The van der Waals surface area contributed by atoms with Crippen molar-refractivity contribution in [3.05, 3.63) is 23.8 Å². The van der Waals surface area contributed by atoms with Gasteiger partial charge >= 0.3 is 0 Å². The van der Waals surface area contributed by atoms with Gasteiger partial charge in [0.15, 0.2) is 5.96 Å². The number of guanidine groups is 1. The van der Waals surface area contributed by atoms with E-state index in [0.717, 1.165) is 44.0 Å². The van der Waals surface area contributed by atoms with Gasteiger partial charge in [-0.25, -0.2) is 0 Å². The maximum absolute atomic E-state index is 11.6. The van der Waals surface area contributed by atoms with Crippen LogP contribution in [0.2, 0.25) is 0 Å². The number of ether oxygens (including phenoxy) is 1. The highest BCUT2D eigenvalue weighted by Crippen LogP contribution is 2.24. The van der Waals surface area contributed by atoms with Crippen molar-refractivity contribution in [1.82, 2.24) is 15.5 Å². The van der Waals surface area contributed by atoms with Crippen LogP contribution in [-0.2, 0) is 11.2 Å². The van der Waals surface area contributed by atoms with Crippen LogP contribution in [0.3, 0.4) is 0 Å². The molecule has 0 aliphatic carbocycles. The van der Waals surface area contributed by atoms with E-state index in [2.05, 4.69) is 22.5 Å². The summed E-state index contributed by atoms with van der Waals surface area (Å²) in [5.41, 5.74) is 0.861. The van der Waals surface area contributed by atoms with E-state index < -0.39 is 0 Å². The molecule has 7 heteroatoms. The molecule has 0 atom stereocenters. The number of methoxy groups -OCH3 is 1. The monoisotopic (exact) mass is 376 g/mol. The van der Waals surface area contributed by atoms with Crippen molar-refractivity contribution >= 4 is 11.9 Å². The third kappa shape index (κ3) is 6.34. The van der Waals surface area contributed by atoms with E-state index in [-0.39, 0.29) is 11.7 Å². The maximum atomic E-state index is 11.6. The largest absolute Gasteiger partial charge is 0.508 e. The van der Waals surface area contributed by atoms with Crippen LogP contribution in [0.15, 0.2) is 23.2 Å². The first kappa shape index (κ1) is 20.9. The van der Waals surface area contributed by atoms with E-state index in [1.165, 1.54) is 0 Å². The van der Waals surface area contributed by atoms with E-state index in [1.54, 1.807) is 20.2 Å². The Bertz CT molecular complexity index is 640. The number of carbonyl (C=O) groups excluding carboxylic acids is 1. The van der Waals surface area contributed by atoms with Crippen molar-refractivity contribution in [2.75, 3.05) is 40.3 Å². The molecule has 0 saturated carbocycles. The number of hydrogen-bond donors (Lipinski definition) is 3. The van der Waals surface area contributed by atoms with Gasteiger partial charge in [0.05, 0.1) is 7.11 Å². The lowest BCUT2D eigenvalue weighted by molar-refractivity contribution is -0.121. The Morgan fingerprint density at radius 1 is 1.37 bits per heavy atom. The number of carbonyl (C=O) groups is 1. The smallest absolute Gasteiger partial charge is 0.220 e. The van der Waals surface area contributed by atoms with Crippen LogP contribution in [0.1, 0.15) is 31.7 Å². The lowest BCUT2D eigenvalue weighted by Gasteiger charge is -2.34.